The molecular weight excluding hydrogens is 151 g/mol. The predicted octanol–water partition coefficient (Wildman–Crippen LogP) is 0.836. The van der Waals surface area contributed by atoms with Gasteiger partial charge >= 0.3 is 5.97 Å². The van der Waals surface area contributed by atoms with Gasteiger partial charge in [-0.1, -0.05) is 0 Å². The van der Waals surface area contributed by atoms with E-state index >= 15 is 0 Å². The van der Waals surface area contributed by atoms with Crippen LogP contribution in [0.3, 0.4) is 0 Å². The molecular formula is C7H11FO3. The number of hydrogen-bond acceptors (Lipinski definition) is 2. The topological polar surface area (TPSA) is 46.5 Å². The maximum absolute atomic E-state index is 12.8. The quantitative estimate of drug-likeness (QED) is 0.654. The van der Waals surface area contributed by atoms with Crippen molar-refractivity contribution in [3.8, 4) is 0 Å². The highest BCUT2D eigenvalue weighted by Crippen LogP contribution is 2.21. The predicted molar refractivity (Wildman–Crippen MR) is 36.1 cm³/mol. The number of alkyl halides is 1. The zero-order chi connectivity index (χ0) is 8.27. The Kier molecular flexibility index (Phi) is 2.82. The van der Waals surface area contributed by atoms with Crippen molar-refractivity contribution in [1.29, 1.82) is 0 Å². The van der Waals surface area contributed by atoms with E-state index in [2.05, 4.69) is 0 Å². The number of ether oxygens (including phenoxy) is 1. The van der Waals surface area contributed by atoms with Crippen LogP contribution >= 0.6 is 0 Å². The van der Waals surface area contributed by atoms with E-state index in [1.807, 2.05) is 0 Å². The molecule has 1 rings (SSSR count). The number of aliphatic carboxylic acids is 1. The molecule has 0 amide bonds. The molecule has 0 aromatic carbocycles. The third kappa shape index (κ3) is 2.46. The maximum Gasteiger partial charge on any atom is 0.303 e. The van der Waals surface area contributed by atoms with Crippen LogP contribution in [0.5, 0.6) is 0 Å². The second-order valence-electron chi connectivity index (χ2n) is 2.74. The van der Waals surface area contributed by atoms with Gasteiger partial charge in [0.15, 0.2) is 0 Å². The fourth-order valence-electron chi connectivity index (χ4n) is 1.20. The lowest BCUT2D eigenvalue weighted by atomic mass is 9.95. The van der Waals surface area contributed by atoms with Gasteiger partial charge in [0.05, 0.1) is 13.0 Å². The minimum absolute atomic E-state index is 0.0535. The summed E-state index contributed by atoms with van der Waals surface area (Å²) in [6.45, 7) is 0.538. The summed E-state index contributed by atoms with van der Waals surface area (Å²) in [6, 6.07) is 0. The first-order valence-corrected chi connectivity index (χ1v) is 3.63. The molecule has 0 aromatic heterocycles. The van der Waals surface area contributed by atoms with Gasteiger partial charge in [0, 0.05) is 12.5 Å². The first kappa shape index (κ1) is 8.46. The first-order chi connectivity index (χ1) is 5.20. The molecule has 0 aliphatic carbocycles. The fourth-order valence-corrected chi connectivity index (χ4v) is 1.20. The van der Waals surface area contributed by atoms with E-state index in [4.69, 9.17) is 9.84 Å². The van der Waals surface area contributed by atoms with Gasteiger partial charge in [0.25, 0.3) is 0 Å². The summed E-state index contributed by atoms with van der Waals surface area (Å²) >= 11 is 0. The Morgan fingerprint density at radius 1 is 1.73 bits per heavy atom. The molecule has 1 aliphatic rings. The van der Waals surface area contributed by atoms with E-state index in [1.165, 1.54) is 0 Å². The van der Waals surface area contributed by atoms with E-state index in [0.29, 0.717) is 13.0 Å². The summed E-state index contributed by atoms with van der Waals surface area (Å²) in [4.78, 5) is 10.2. The van der Waals surface area contributed by atoms with Crippen LogP contribution in [0.1, 0.15) is 12.8 Å². The molecule has 0 unspecified atom stereocenters. The Hall–Kier alpha value is -0.640. The summed E-state index contributed by atoms with van der Waals surface area (Å²) in [5, 5.41) is 8.38. The number of hydrogen-bond donors (Lipinski definition) is 1. The largest absolute Gasteiger partial charge is 0.481 e. The Balaban J connectivity index is 2.35. The van der Waals surface area contributed by atoms with Gasteiger partial charge in [-0.05, 0) is 6.42 Å². The molecule has 1 heterocycles. The van der Waals surface area contributed by atoms with Crippen molar-refractivity contribution in [2.75, 3.05) is 13.2 Å². The van der Waals surface area contributed by atoms with Crippen LogP contribution in [0.25, 0.3) is 0 Å². The smallest absolute Gasteiger partial charge is 0.303 e. The van der Waals surface area contributed by atoms with Gasteiger partial charge in [0.1, 0.15) is 6.17 Å². The summed E-state index contributed by atoms with van der Waals surface area (Å²) in [6.07, 6.45) is -0.655. The molecule has 11 heavy (non-hydrogen) atoms. The van der Waals surface area contributed by atoms with E-state index in [9.17, 15) is 9.18 Å². The van der Waals surface area contributed by atoms with Crippen molar-refractivity contribution in [3.63, 3.8) is 0 Å². The van der Waals surface area contributed by atoms with Gasteiger partial charge < -0.3 is 9.84 Å². The van der Waals surface area contributed by atoms with E-state index < -0.39 is 12.1 Å². The lowest BCUT2D eigenvalue weighted by Gasteiger charge is -2.24. The second kappa shape index (κ2) is 3.67. The van der Waals surface area contributed by atoms with Gasteiger partial charge in [0.2, 0.25) is 0 Å². The van der Waals surface area contributed by atoms with Crippen LogP contribution in [0.4, 0.5) is 4.39 Å². The average molecular weight is 162 g/mol. The molecule has 1 saturated heterocycles. The zero-order valence-corrected chi connectivity index (χ0v) is 6.12. The van der Waals surface area contributed by atoms with Crippen molar-refractivity contribution < 1.29 is 19.0 Å². The van der Waals surface area contributed by atoms with Crippen LogP contribution in [-0.2, 0) is 9.53 Å². The SMILES string of the molecule is O=C(O)C[C@@H]1CCOC[C@@H]1F. The van der Waals surface area contributed by atoms with Crippen molar-refractivity contribution >= 4 is 5.97 Å². The molecule has 1 fully saturated rings. The second-order valence-corrected chi connectivity index (χ2v) is 2.74. The van der Waals surface area contributed by atoms with E-state index in [-0.39, 0.29) is 18.9 Å². The molecule has 3 nitrogen and oxygen atoms in total. The number of rotatable bonds is 2. The number of carboxylic acids is 1. The summed E-state index contributed by atoms with van der Waals surface area (Å²) in [7, 11) is 0. The Labute approximate surface area is 64.2 Å². The molecule has 1 N–H and O–H groups in total. The minimum Gasteiger partial charge on any atom is -0.481 e. The zero-order valence-electron chi connectivity index (χ0n) is 6.12. The van der Waals surface area contributed by atoms with Crippen LogP contribution in [0.15, 0.2) is 0 Å². The highest BCUT2D eigenvalue weighted by Gasteiger charge is 2.27. The molecule has 1 aliphatic heterocycles. The fraction of sp³-hybridized carbons (Fsp3) is 0.857. The standard InChI is InChI=1S/C7H11FO3/c8-6-4-11-2-1-5(6)3-7(9)10/h5-6H,1-4H2,(H,9,10)/t5-,6-/m0/s1. The highest BCUT2D eigenvalue weighted by molar-refractivity contribution is 5.67. The Morgan fingerprint density at radius 3 is 3.00 bits per heavy atom. The molecule has 0 bridgehead atoms. The number of carboxylic acid groups (broad SMARTS) is 1. The highest BCUT2D eigenvalue weighted by atomic mass is 19.1. The number of carbonyl (C=O) groups is 1. The number of halogens is 1. The van der Waals surface area contributed by atoms with Crippen LogP contribution in [0, 0.1) is 5.92 Å². The minimum atomic E-state index is -1.10. The van der Waals surface area contributed by atoms with Crippen molar-refractivity contribution in [3.05, 3.63) is 0 Å². The maximum atomic E-state index is 12.8. The summed E-state index contributed by atoms with van der Waals surface area (Å²) < 4.78 is 17.6. The molecule has 0 saturated carbocycles. The molecule has 0 spiro atoms. The summed E-state index contributed by atoms with van der Waals surface area (Å²) in [5.41, 5.74) is 0. The average Bonchev–Trinajstić information content (AvgIpc) is 1.93. The normalized spacial score (nSPS) is 31.7. The Morgan fingerprint density at radius 2 is 2.45 bits per heavy atom. The first-order valence-electron chi connectivity index (χ1n) is 3.63. The van der Waals surface area contributed by atoms with Crippen molar-refractivity contribution in [2.45, 2.75) is 19.0 Å². The van der Waals surface area contributed by atoms with E-state index in [1.54, 1.807) is 0 Å². The lowest BCUT2D eigenvalue weighted by molar-refractivity contribution is -0.140. The lowest BCUT2D eigenvalue weighted by Crippen LogP contribution is -2.30. The molecule has 64 valence electrons. The van der Waals surface area contributed by atoms with Crippen molar-refractivity contribution in [2.24, 2.45) is 5.92 Å². The van der Waals surface area contributed by atoms with Gasteiger partial charge in [-0.2, -0.15) is 0 Å². The van der Waals surface area contributed by atoms with Gasteiger partial charge in [-0.3, -0.25) is 4.79 Å². The molecule has 0 radical (unpaired) electrons. The molecule has 2 atom stereocenters. The van der Waals surface area contributed by atoms with E-state index in [0.717, 1.165) is 0 Å². The summed E-state index contributed by atoms with van der Waals surface area (Å²) in [5.74, 6) is -1.28. The van der Waals surface area contributed by atoms with Crippen LogP contribution in [0.2, 0.25) is 0 Å². The van der Waals surface area contributed by atoms with Gasteiger partial charge in [-0.25, -0.2) is 4.39 Å². The van der Waals surface area contributed by atoms with Crippen LogP contribution in [-0.4, -0.2) is 30.5 Å². The third-order valence-corrected chi connectivity index (χ3v) is 1.86. The third-order valence-electron chi connectivity index (χ3n) is 1.86. The van der Waals surface area contributed by atoms with Gasteiger partial charge in [-0.15, -0.1) is 0 Å². The molecule has 0 aromatic rings. The Bertz CT molecular complexity index is 149. The molecule has 4 heteroatoms. The monoisotopic (exact) mass is 162 g/mol. The van der Waals surface area contributed by atoms with Crippen molar-refractivity contribution in [1.82, 2.24) is 0 Å². The van der Waals surface area contributed by atoms with Crippen LogP contribution < -0.4 is 0 Å².